The Balaban J connectivity index is 1.78. The molecule has 0 saturated carbocycles. The molecule has 1 aromatic carbocycles. The van der Waals surface area contributed by atoms with Crippen molar-refractivity contribution in [2.45, 2.75) is 38.3 Å². The molecule has 7 heteroatoms. The van der Waals surface area contributed by atoms with E-state index >= 15 is 0 Å². The summed E-state index contributed by atoms with van der Waals surface area (Å²) in [5.74, 6) is -0.455. The van der Waals surface area contributed by atoms with E-state index in [1.165, 1.54) is 12.1 Å². The van der Waals surface area contributed by atoms with Crippen molar-refractivity contribution in [1.29, 1.82) is 0 Å². The molecule has 0 radical (unpaired) electrons. The molecule has 2 heterocycles. The van der Waals surface area contributed by atoms with Gasteiger partial charge in [0.25, 0.3) is 0 Å². The number of hydrogen-bond donors (Lipinski definition) is 1. The van der Waals surface area contributed by atoms with Crippen molar-refractivity contribution < 1.29 is 9.50 Å². The Hall–Kier alpha value is -1.50. The van der Waals surface area contributed by atoms with Crippen LogP contribution < -0.4 is 0 Å². The Morgan fingerprint density at radius 3 is 2.96 bits per heavy atom. The summed E-state index contributed by atoms with van der Waals surface area (Å²) in [4.78, 5) is 2.28. The summed E-state index contributed by atoms with van der Waals surface area (Å²) < 4.78 is 14.8. The minimum atomic E-state index is -0.455. The van der Waals surface area contributed by atoms with Gasteiger partial charge in [0.15, 0.2) is 0 Å². The smallest absolute Gasteiger partial charge is 0.141 e. The number of likely N-dealkylation sites (tertiary alicyclic amines) is 1. The Bertz CT molecular complexity index is 686. The first kappa shape index (κ1) is 16.4. The van der Waals surface area contributed by atoms with Gasteiger partial charge in [0.2, 0.25) is 0 Å². The zero-order chi connectivity index (χ0) is 16.4. The van der Waals surface area contributed by atoms with Crippen LogP contribution >= 0.6 is 11.6 Å². The predicted octanol–water partition coefficient (Wildman–Crippen LogP) is 2.80. The number of benzene rings is 1. The van der Waals surface area contributed by atoms with Crippen LogP contribution in [0.2, 0.25) is 5.02 Å². The maximum atomic E-state index is 13.2. The molecule has 124 valence electrons. The summed E-state index contributed by atoms with van der Waals surface area (Å²) >= 11 is 5.81. The molecule has 0 bridgehead atoms. The van der Waals surface area contributed by atoms with Crippen molar-refractivity contribution in [2.75, 3.05) is 13.2 Å². The molecule has 0 aliphatic carbocycles. The van der Waals surface area contributed by atoms with E-state index < -0.39 is 5.82 Å². The molecule has 1 unspecified atom stereocenters. The molecule has 1 saturated heterocycles. The average Bonchev–Trinajstić information content (AvgIpc) is 3.18. The van der Waals surface area contributed by atoms with Crippen molar-refractivity contribution in [3.8, 4) is 5.69 Å². The van der Waals surface area contributed by atoms with Crippen LogP contribution in [-0.2, 0) is 6.54 Å². The van der Waals surface area contributed by atoms with E-state index in [1.807, 2.05) is 6.20 Å². The van der Waals surface area contributed by atoms with E-state index in [-0.39, 0.29) is 17.2 Å². The molecule has 0 amide bonds. The highest BCUT2D eigenvalue weighted by atomic mass is 35.5. The monoisotopic (exact) mass is 338 g/mol. The van der Waals surface area contributed by atoms with Gasteiger partial charge in [0, 0.05) is 12.1 Å². The van der Waals surface area contributed by atoms with Crippen molar-refractivity contribution in [1.82, 2.24) is 19.9 Å². The summed E-state index contributed by atoms with van der Waals surface area (Å²) in [6, 6.07) is 4.45. The van der Waals surface area contributed by atoms with Crippen molar-refractivity contribution >= 4 is 11.6 Å². The zero-order valence-electron chi connectivity index (χ0n) is 13.0. The predicted molar refractivity (Wildman–Crippen MR) is 86.1 cm³/mol. The highest BCUT2D eigenvalue weighted by Gasteiger charge is 2.38. The fourth-order valence-corrected chi connectivity index (χ4v) is 3.43. The van der Waals surface area contributed by atoms with E-state index in [0.29, 0.717) is 12.2 Å². The van der Waals surface area contributed by atoms with Crippen molar-refractivity contribution in [2.24, 2.45) is 0 Å². The number of aromatic nitrogens is 3. The third-order valence-corrected chi connectivity index (χ3v) is 5.04. The molecule has 1 aromatic heterocycles. The van der Waals surface area contributed by atoms with E-state index in [0.717, 1.165) is 31.5 Å². The first-order chi connectivity index (χ1) is 11.1. The topological polar surface area (TPSA) is 54.2 Å². The highest BCUT2D eigenvalue weighted by molar-refractivity contribution is 6.30. The second-order valence-corrected chi connectivity index (χ2v) is 6.42. The first-order valence-corrected chi connectivity index (χ1v) is 8.18. The third kappa shape index (κ3) is 3.11. The molecular weight excluding hydrogens is 319 g/mol. The Morgan fingerprint density at radius 1 is 1.43 bits per heavy atom. The molecule has 3 rings (SSSR count). The van der Waals surface area contributed by atoms with Crippen LogP contribution in [0.25, 0.3) is 5.69 Å². The molecule has 23 heavy (non-hydrogen) atoms. The van der Waals surface area contributed by atoms with Crippen molar-refractivity contribution in [3.05, 3.63) is 40.9 Å². The minimum Gasteiger partial charge on any atom is -0.394 e. The van der Waals surface area contributed by atoms with Gasteiger partial charge in [-0.15, -0.1) is 5.10 Å². The summed E-state index contributed by atoms with van der Waals surface area (Å²) in [6.45, 7) is 3.85. The largest absolute Gasteiger partial charge is 0.394 e. The standard InChI is InChI=1S/C16H20ClFN4O/c1-2-16(11-23)6-3-7-21(16)9-12-10-22(20-19-12)13-4-5-15(18)14(17)8-13/h4-5,8,10,23H,2-3,6-7,9,11H2,1H3. The lowest BCUT2D eigenvalue weighted by atomic mass is 9.94. The highest BCUT2D eigenvalue weighted by Crippen LogP contribution is 2.33. The molecule has 1 aliphatic rings. The third-order valence-electron chi connectivity index (χ3n) is 4.75. The quantitative estimate of drug-likeness (QED) is 0.910. The number of halogens is 2. The van der Waals surface area contributed by atoms with E-state index in [2.05, 4.69) is 22.1 Å². The van der Waals surface area contributed by atoms with Crippen LogP contribution in [0, 0.1) is 5.82 Å². The molecule has 1 N–H and O–H groups in total. The Kier molecular flexibility index (Phi) is 4.66. The molecule has 2 aromatic rings. The lowest BCUT2D eigenvalue weighted by Gasteiger charge is -2.35. The second-order valence-electron chi connectivity index (χ2n) is 6.01. The van der Waals surface area contributed by atoms with E-state index in [1.54, 1.807) is 10.7 Å². The fraction of sp³-hybridized carbons (Fsp3) is 0.500. The van der Waals surface area contributed by atoms with Gasteiger partial charge < -0.3 is 5.11 Å². The van der Waals surface area contributed by atoms with Gasteiger partial charge in [-0.2, -0.15) is 0 Å². The zero-order valence-corrected chi connectivity index (χ0v) is 13.8. The van der Waals surface area contributed by atoms with Gasteiger partial charge in [-0.1, -0.05) is 23.7 Å². The SMILES string of the molecule is CCC1(CO)CCCN1Cc1cn(-c2ccc(F)c(Cl)c2)nn1. The lowest BCUT2D eigenvalue weighted by Crippen LogP contribution is -2.46. The minimum absolute atomic E-state index is 0.0596. The second kappa shape index (κ2) is 6.55. The normalized spacial score (nSPS) is 21.9. The van der Waals surface area contributed by atoms with Gasteiger partial charge in [-0.25, -0.2) is 9.07 Å². The van der Waals surface area contributed by atoms with Crippen molar-refractivity contribution in [3.63, 3.8) is 0 Å². The maximum absolute atomic E-state index is 13.2. The maximum Gasteiger partial charge on any atom is 0.141 e. The molecule has 0 spiro atoms. The van der Waals surface area contributed by atoms with Gasteiger partial charge in [0.1, 0.15) is 5.82 Å². The summed E-state index contributed by atoms with van der Waals surface area (Å²) in [6.07, 6.45) is 4.81. The first-order valence-electron chi connectivity index (χ1n) is 7.80. The van der Waals surface area contributed by atoms with Gasteiger partial charge in [0.05, 0.1) is 29.2 Å². The molecule has 1 fully saturated rings. The van der Waals surface area contributed by atoms with Gasteiger partial charge in [-0.05, 0) is 44.0 Å². The summed E-state index contributed by atoms with van der Waals surface area (Å²) in [5.41, 5.74) is 1.34. The van der Waals surface area contributed by atoms with Crippen LogP contribution in [-0.4, -0.2) is 43.7 Å². The van der Waals surface area contributed by atoms with Gasteiger partial charge >= 0.3 is 0 Å². The number of nitrogens with zero attached hydrogens (tertiary/aromatic N) is 4. The Morgan fingerprint density at radius 2 is 2.26 bits per heavy atom. The fourth-order valence-electron chi connectivity index (χ4n) is 3.25. The number of aliphatic hydroxyl groups excluding tert-OH is 1. The number of aliphatic hydroxyl groups is 1. The average molecular weight is 339 g/mol. The molecule has 5 nitrogen and oxygen atoms in total. The number of rotatable bonds is 5. The van der Waals surface area contributed by atoms with Crippen LogP contribution in [0.5, 0.6) is 0 Å². The summed E-state index contributed by atoms with van der Waals surface area (Å²) in [7, 11) is 0. The number of hydrogen-bond acceptors (Lipinski definition) is 4. The van der Waals surface area contributed by atoms with Crippen LogP contribution in [0.15, 0.2) is 24.4 Å². The molecule has 1 atom stereocenters. The van der Waals surface area contributed by atoms with E-state index in [9.17, 15) is 9.50 Å². The Labute approximate surface area is 139 Å². The van der Waals surface area contributed by atoms with Crippen LogP contribution in [0.1, 0.15) is 31.9 Å². The molecular formula is C16H20ClFN4O. The summed E-state index contributed by atoms with van der Waals surface area (Å²) in [5, 5.41) is 18.1. The molecule has 1 aliphatic heterocycles. The van der Waals surface area contributed by atoms with Gasteiger partial charge in [-0.3, -0.25) is 4.90 Å². The van der Waals surface area contributed by atoms with Crippen LogP contribution in [0.3, 0.4) is 0 Å². The lowest BCUT2D eigenvalue weighted by molar-refractivity contribution is 0.0540. The van der Waals surface area contributed by atoms with E-state index in [4.69, 9.17) is 11.6 Å². The van der Waals surface area contributed by atoms with Crippen LogP contribution in [0.4, 0.5) is 4.39 Å².